The summed E-state index contributed by atoms with van der Waals surface area (Å²) in [6.07, 6.45) is 6.64. The zero-order valence-electron chi connectivity index (χ0n) is 10.1. The average molecular weight is 236 g/mol. The van der Waals surface area contributed by atoms with Crippen molar-refractivity contribution in [1.29, 1.82) is 0 Å². The molecule has 0 bridgehead atoms. The second-order valence-electron chi connectivity index (χ2n) is 4.54. The summed E-state index contributed by atoms with van der Waals surface area (Å²) in [5, 5.41) is 10.3. The number of nitrogens with one attached hydrogen (secondary N) is 2. The van der Waals surface area contributed by atoms with Gasteiger partial charge < -0.3 is 10.6 Å². The van der Waals surface area contributed by atoms with Gasteiger partial charge in [0.1, 0.15) is 0 Å². The highest BCUT2D eigenvalue weighted by Crippen LogP contribution is 2.13. The minimum atomic E-state index is 0.158. The summed E-state index contributed by atoms with van der Waals surface area (Å²) in [5.74, 6) is 0.666. The van der Waals surface area contributed by atoms with Gasteiger partial charge in [-0.25, -0.2) is 0 Å². The fourth-order valence-electron chi connectivity index (χ4n) is 2.18. The van der Waals surface area contributed by atoms with E-state index in [0.717, 1.165) is 19.6 Å². The molecule has 1 unspecified atom stereocenters. The Labute approximate surface area is 102 Å². The number of aromatic nitrogens is 2. The van der Waals surface area contributed by atoms with Crippen LogP contribution in [0.1, 0.15) is 19.3 Å². The summed E-state index contributed by atoms with van der Waals surface area (Å²) < 4.78 is 1.82. The summed E-state index contributed by atoms with van der Waals surface area (Å²) in [4.78, 5) is 11.7. The molecular formula is C12H20N4O. The summed E-state index contributed by atoms with van der Waals surface area (Å²) in [5.41, 5.74) is 0. The van der Waals surface area contributed by atoms with Gasteiger partial charge >= 0.3 is 0 Å². The summed E-state index contributed by atoms with van der Waals surface area (Å²) in [6, 6.07) is 1.88. The number of rotatable bonds is 5. The molecule has 1 atom stereocenters. The van der Waals surface area contributed by atoms with Crippen molar-refractivity contribution < 1.29 is 4.79 Å². The first-order chi connectivity index (χ1) is 8.34. The Hall–Kier alpha value is -1.36. The molecule has 17 heavy (non-hydrogen) atoms. The standard InChI is InChI=1S/C12H20N4O/c17-12(9-11-3-1-4-13-10-11)14-6-8-16-7-2-5-15-16/h2,5,7,11,13H,1,3-4,6,8-10H2,(H,14,17). The zero-order chi connectivity index (χ0) is 11.9. The van der Waals surface area contributed by atoms with E-state index in [1.54, 1.807) is 6.20 Å². The van der Waals surface area contributed by atoms with Crippen LogP contribution in [0.25, 0.3) is 0 Å². The first-order valence-corrected chi connectivity index (χ1v) is 6.29. The van der Waals surface area contributed by atoms with E-state index < -0.39 is 0 Å². The van der Waals surface area contributed by atoms with Crippen LogP contribution >= 0.6 is 0 Å². The van der Waals surface area contributed by atoms with Gasteiger partial charge in [-0.15, -0.1) is 0 Å². The molecule has 0 aliphatic carbocycles. The lowest BCUT2D eigenvalue weighted by molar-refractivity contribution is -0.122. The molecule has 1 fully saturated rings. The molecule has 2 rings (SSSR count). The van der Waals surface area contributed by atoms with Gasteiger partial charge in [0.15, 0.2) is 0 Å². The Kier molecular flexibility index (Phi) is 4.55. The van der Waals surface area contributed by atoms with Crippen LogP contribution in [0.2, 0.25) is 0 Å². The zero-order valence-corrected chi connectivity index (χ0v) is 10.1. The number of hydrogen-bond donors (Lipinski definition) is 2. The SMILES string of the molecule is O=C(CC1CCCNC1)NCCn1cccn1. The Balaban J connectivity index is 1.60. The number of hydrogen-bond acceptors (Lipinski definition) is 3. The number of carbonyl (C=O) groups excluding carboxylic acids is 1. The van der Waals surface area contributed by atoms with Crippen molar-refractivity contribution in [3.63, 3.8) is 0 Å². The van der Waals surface area contributed by atoms with Gasteiger partial charge in [-0.2, -0.15) is 5.10 Å². The van der Waals surface area contributed by atoms with Crippen molar-refractivity contribution in [2.45, 2.75) is 25.8 Å². The van der Waals surface area contributed by atoms with E-state index in [2.05, 4.69) is 15.7 Å². The minimum absolute atomic E-state index is 0.158. The Morgan fingerprint density at radius 2 is 2.53 bits per heavy atom. The molecule has 1 aliphatic heterocycles. The van der Waals surface area contributed by atoms with Crippen molar-refractivity contribution >= 4 is 5.91 Å². The largest absolute Gasteiger partial charge is 0.354 e. The Bertz CT molecular complexity index is 330. The van der Waals surface area contributed by atoms with Gasteiger partial charge in [0.25, 0.3) is 0 Å². The quantitative estimate of drug-likeness (QED) is 0.777. The highest BCUT2D eigenvalue weighted by molar-refractivity contribution is 5.76. The molecule has 5 heteroatoms. The Morgan fingerprint density at radius 1 is 1.59 bits per heavy atom. The maximum absolute atomic E-state index is 11.7. The topological polar surface area (TPSA) is 59.0 Å². The fraction of sp³-hybridized carbons (Fsp3) is 0.667. The van der Waals surface area contributed by atoms with Crippen molar-refractivity contribution in [1.82, 2.24) is 20.4 Å². The van der Waals surface area contributed by atoms with Crippen LogP contribution in [-0.4, -0.2) is 35.3 Å². The average Bonchev–Trinajstić information content (AvgIpc) is 2.83. The lowest BCUT2D eigenvalue weighted by Crippen LogP contribution is -2.35. The highest BCUT2D eigenvalue weighted by atomic mass is 16.1. The molecular weight excluding hydrogens is 216 g/mol. The fourth-order valence-corrected chi connectivity index (χ4v) is 2.18. The highest BCUT2D eigenvalue weighted by Gasteiger charge is 2.16. The smallest absolute Gasteiger partial charge is 0.220 e. The predicted molar refractivity (Wildman–Crippen MR) is 65.4 cm³/mol. The van der Waals surface area contributed by atoms with E-state index in [-0.39, 0.29) is 5.91 Å². The molecule has 1 aliphatic rings. The monoisotopic (exact) mass is 236 g/mol. The molecule has 0 saturated carbocycles. The summed E-state index contributed by atoms with van der Waals surface area (Å²) in [6.45, 7) is 3.46. The lowest BCUT2D eigenvalue weighted by Gasteiger charge is -2.22. The van der Waals surface area contributed by atoms with E-state index >= 15 is 0 Å². The number of amides is 1. The van der Waals surface area contributed by atoms with E-state index in [9.17, 15) is 4.79 Å². The number of nitrogens with zero attached hydrogens (tertiary/aromatic N) is 2. The van der Waals surface area contributed by atoms with Crippen LogP contribution in [0.5, 0.6) is 0 Å². The minimum Gasteiger partial charge on any atom is -0.354 e. The van der Waals surface area contributed by atoms with Crippen LogP contribution in [-0.2, 0) is 11.3 Å². The van der Waals surface area contributed by atoms with Crippen LogP contribution in [0.3, 0.4) is 0 Å². The van der Waals surface area contributed by atoms with Crippen molar-refractivity contribution in [2.24, 2.45) is 5.92 Å². The van der Waals surface area contributed by atoms with E-state index in [4.69, 9.17) is 0 Å². The molecule has 1 aromatic heterocycles. The van der Waals surface area contributed by atoms with Gasteiger partial charge in [-0.3, -0.25) is 9.48 Å². The van der Waals surface area contributed by atoms with Crippen molar-refractivity contribution in [3.05, 3.63) is 18.5 Å². The van der Waals surface area contributed by atoms with Gasteiger partial charge in [0.2, 0.25) is 5.91 Å². The Morgan fingerprint density at radius 3 is 3.24 bits per heavy atom. The van der Waals surface area contributed by atoms with Crippen molar-refractivity contribution in [3.8, 4) is 0 Å². The molecule has 0 spiro atoms. The van der Waals surface area contributed by atoms with Gasteiger partial charge in [-0.05, 0) is 37.9 Å². The summed E-state index contributed by atoms with van der Waals surface area (Å²) >= 11 is 0. The first kappa shape index (κ1) is 12.1. The van der Waals surface area contributed by atoms with Crippen LogP contribution in [0.15, 0.2) is 18.5 Å². The maximum atomic E-state index is 11.7. The van der Waals surface area contributed by atoms with Gasteiger partial charge in [0, 0.05) is 25.4 Å². The third kappa shape index (κ3) is 4.19. The molecule has 5 nitrogen and oxygen atoms in total. The van der Waals surface area contributed by atoms with Gasteiger partial charge in [0.05, 0.1) is 6.54 Å². The van der Waals surface area contributed by atoms with Gasteiger partial charge in [-0.1, -0.05) is 0 Å². The molecule has 2 N–H and O–H groups in total. The molecule has 0 radical (unpaired) electrons. The lowest BCUT2D eigenvalue weighted by atomic mass is 9.96. The predicted octanol–water partition coefficient (Wildman–Crippen LogP) is 0.389. The van der Waals surface area contributed by atoms with Crippen LogP contribution in [0.4, 0.5) is 0 Å². The number of piperidine rings is 1. The third-order valence-corrected chi connectivity index (χ3v) is 3.10. The molecule has 94 valence electrons. The van der Waals surface area contributed by atoms with E-state index in [1.807, 2.05) is 16.9 Å². The molecule has 1 aromatic rings. The van der Waals surface area contributed by atoms with E-state index in [0.29, 0.717) is 18.9 Å². The maximum Gasteiger partial charge on any atom is 0.220 e. The van der Waals surface area contributed by atoms with Crippen LogP contribution in [0, 0.1) is 5.92 Å². The van der Waals surface area contributed by atoms with Crippen molar-refractivity contribution in [2.75, 3.05) is 19.6 Å². The summed E-state index contributed by atoms with van der Waals surface area (Å²) in [7, 11) is 0. The first-order valence-electron chi connectivity index (χ1n) is 6.29. The normalized spacial score (nSPS) is 20.1. The second kappa shape index (κ2) is 6.39. The third-order valence-electron chi connectivity index (χ3n) is 3.10. The second-order valence-corrected chi connectivity index (χ2v) is 4.54. The van der Waals surface area contributed by atoms with E-state index in [1.165, 1.54) is 12.8 Å². The molecule has 1 amide bonds. The van der Waals surface area contributed by atoms with Crippen LogP contribution < -0.4 is 10.6 Å². The molecule has 1 saturated heterocycles. The molecule has 0 aromatic carbocycles. The molecule has 2 heterocycles. The number of carbonyl (C=O) groups is 1.